The van der Waals surface area contributed by atoms with Gasteiger partial charge in [-0.05, 0) is 46.9 Å². The fourth-order valence-electron chi connectivity index (χ4n) is 1.97. The van der Waals surface area contributed by atoms with Crippen molar-refractivity contribution in [3.63, 3.8) is 0 Å². The van der Waals surface area contributed by atoms with Crippen LogP contribution in [0.4, 0.5) is 0 Å². The van der Waals surface area contributed by atoms with Gasteiger partial charge < -0.3 is 10.2 Å². The minimum Gasteiger partial charge on any atom is -0.453 e. The Morgan fingerprint density at radius 2 is 2.40 bits per heavy atom. The van der Waals surface area contributed by atoms with Gasteiger partial charge in [-0.3, -0.25) is 4.90 Å². The zero-order chi connectivity index (χ0) is 10.8. The maximum atomic E-state index is 6.05. The second kappa shape index (κ2) is 4.68. The van der Waals surface area contributed by atoms with Gasteiger partial charge in [0.2, 0.25) is 0 Å². The van der Waals surface area contributed by atoms with E-state index in [2.05, 4.69) is 27.8 Å². The Hall–Kier alpha value is -0.320. The van der Waals surface area contributed by atoms with Crippen molar-refractivity contribution in [2.75, 3.05) is 13.1 Å². The van der Waals surface area contributed by atoms with Gasteiger partial charge in [-0.15, -0.1) is 0 Å². The van der Waals surface area contributed by atoms with E-state index in [-0.39, 0.29) is 0 Å². The standard InChI is InChI=1S/C11H17BrN2O/c1-8-4-5-14(7-10(8)13)6-9-2-3-11(12)15-9/h2-3,8,10H,4-7,13H2,1H3. The Bertz CT molecular complexity index is 326. The summed E-state index contributed by atoms with van der Waals surface area (Å²) in [6, 6.07) is 4.24. The lowest BCUT2D eigenvalue weighted by molar-refractivity contribution is 0.152. The van der Waals surface area contributed by atoms with Crippen molar-refractivity contribution in [1.82, 2.24) is 4.90 Å². The fraction of sp³-hybridized carbons (Fsp3) is 0.636. The molecule has 1 aromatic rings. The van der Waals surface area contributed by atoms with Gasteiger partial charge in [0.25, 0.3) is 0 Å². The molecule has 2 unspecified atom stereocenters. The van der Waals surface area contributed by atoms with Crippen molar-refractivity contribution in [1.29, 1.82) is 0 Å². The number of furan rings is 1. The predicted molar refractivity (Wildman–Crippen MR) is 63.4 cm³/mol. The number of halogens is 1. The van der Waals surface area contributed by atoms with Crippen LogP contribution in [-0.2, 0) is 6.54 Å². The molecule has 1 fully saturated rings. The van der Waals surface area contributed by atoms with Crippen molar-refractivity contribution < 1.29 is 4.42 Å². The quantitative estimate of drug-likeness (QED) is 0.898. The van der Waals surface area contributed by atoms with Gasteiger partial charge in [-0.25, -0.2) is 0 Å². The highest BCUT2D eigenvalue weighted by Gasteiger charge is 2.23. The summed E-state index contributed by atoms with van der Waals surface area (Å²) in [5, 5.41) is 0. The molecule has 0 radical (unpaired) electrons. The monoisotopic (exact) mass is 272 g/mol. The zero-order valence-corrected chi connectivity index (χ0v) is 10.5. The minimum absolute atomic E-state index is 0.303. The van der Waals surface area contributed by atoms with E-state index in [1.807, 2.05) is 12.1 Å². The van der Waals surface area contributed by atoms with Crippen LogP contribution in [0, 0.1) is 5.92 Å². The minimum atomic E-state index is 0.303. The van der Waals surface area contributed by atoms with Gasteiger partial charge in [0, 0.05) is 12.6 Å². The summed E-state index contributed by atoms with van der Waals surface area (Å²) in [5.74, 6) is 1.65. The third kappa shape index (κ3) is 2.83. The van der Waals surface area contributed by atoms with E-state index in [9.17, 15) is 0 Å². The average molecular weight is 273 g/mol. The number of likely N-dealkylation sites (tertiary alicyclic amines) is 1. The topological polar surface area (TPSA) is 42.4 Å². The summed E-state index contributed by atoms with van der Waals surface area (Å²) in [6.07, 6.45) is 1.18. The average Bonchev–Trinajstić information content (AvgIpc) is 2.58. The summed E-state index contributed by atoms with van der Waals surface area (Å²) >= 11 is 3.31. The van der Waals surface area contributed by atoms with E-state index >= 15 is 0 Å². The third-order valence-corrected chi connectivity index (χ3v) is 3.54. The van der Waals surface area contributed by atoms with Gasteiger partial charge in [0.15, 0.2) is 4.67 Å². The van der Waals surface area contributed by atoms with Crippen LogP contribution in [-0.4, -0.2) is 24.0 Å². The third-order valence-electron chi connectivity index (χ3n) is 3.11. The van der Waals surface area contributed by atoms with Gasteiger partial charge >= 0.3 is 0 Å². The van der Waals surface area contributed by atoms with Crippen molar-refractivity contribution in [2.45, 2.75) is 25.9 Å². The first kappa shape index (κ1) is 11.2. The van der Waals surface area contributed by atoms with Crippen molar-refractivity contribution in [3.8, 4) is 0 Å². The van der Waals surface area contributed by atoms with Crippen LogP contribution in [0.15, 0.2) is 21.2 Å². The van der Waals surface area contributed by atoms with E-state index < -0.39 is 0 Å². The number of piperidine rings is 1. The molecular formula is C11H17BrN2O. The second-order valence-corrected chi connectivity index (χ2v) is 5.15. The number of nitrogens with two attached hydrogens (primary N) is 1. The summed E-state index contributed by atoms with van der Waals surface area (Å²) < 4.78 is 6.28. The molecule has 0 amide bonds. The molecule has 2 heterocycles. The molecule has 15 heavy (non-hydrogen) atoms. The molecule has 0 bridgehead atoms. The molecule has 0 saturated carbocycles. The Labute approximate surface area is 98.7 Å². The van der Waals surface area contributed by atoms with E-state index in [1.54, 1.807) is 0 Å². The first-order valence-corrected chi connectivity index (χ1v) is 6.16. The summed E-state index contributed by atoms with van der Waals surface area (Å²) in [4.78, 5) is 2.36. The van der Waals surface area contributed by atoms with Crippen molar-refractivity contribution in [2.24, 2.45) is 11.7 Å². The predicted octanol–water partition coefficient (Wildman–Crippen LogP) is 2.21. The summed E-state index contributed by atoms with van der Waals surface area (Å²) in [6.45, 7) is 5.18. The lowest BCUT2D eigenvalue weighted by Crippen LogP contribution is -2.47. The van der Waals surface area contributed by atoms with Crippen molar-refractivity contribution >= 4 is 15.9 Å². The maximum absolute atomic E-state index is 6.05. The maximum Gasteiger partial charge on any atom is 0.169 e. The van der Waals surface area contributed by atoms with Crippen LogP contribution < -0.4 is 5.73 Å². The smallest absolute Gasteiger partial charge is 0.169 e. The molecule has 0 aromatic carbocycles. The van der Waals surface area contributed by atoms with E-state index in [0.29, 0.717) is 12.0 Å². The van der Waals surface area contributed by atoms with Gasteiger partial charge in [-0.1, -0.05) is 6.92 Å². The molecule has 1 aliphatic rings. The lowest BCUT2D eigenvalue weighted by Gasteiger charge is -2.34. The highest BCUT2D eigenvalue weighted by molar-refractivity contribution is 9.10. The van der Waals surface area contributed by atoms with Gasteiger partial charge in [0.05, 0.1) is 6.54 Å². The second-order valence-electron chi connectivity index (χ2n) is 4.37. The van der Waals surface area contributed by atoms with Crippen LogP contribution in [0.25, 0.3) is 0 Å². The highest BCUT2D eigenvalue weighted by atomic mass is 79.9. The summed E-state index contributed by atoms with van der Waals surface area (Å²) in [5.41, 5.74) is 6.05. The molecule has 2 N–H and O–H groups in total. The number of rotatable bonds is 2. The molecule has 1 aromatic heterocycles. The highest BCUT2D eigenvalue weighted by Crippen LogP contribution is 2.20. The van der Waals surface area contributed by atoms with Crippen LogP contribution >= 0.6 is 15.9 Å². The number of nitrogens with zero attached hydrogens (tertiary/aromatic N) is 1. The zero-order valence-electron chi connectivity index (χ0n) is 8.95. The molecule has 1 aliphatic heterocycles. The molecular weight excluding hydrogens is 256 g/mol. The van der Waals surface area contributed by atoms with Crippen LogP contribution in [0.1, 0.15) is 19.1 Å². The normalized spacial score (nSPS) is 28.2. The largest absolute Gasteiger partial charge is 0.453 e. The number of hydrogen-bond acceptors (Lipinski definition) is 3. The van der Waals surface area contributed by atoms with E-state index in [1.165, 1.54) is 6.42 Å². The summed E-state index contributed by atoms with van der Waals surface area (Å²) in [7, 11) is 0. The Kier molecular flexibility index (Phi) is 3.49. The molecule has 2 atom stereocenters. The van der Waals surface area contributed by atoms with Crippen molar-refractivity contribution in [3.05, 3.63) is 22.6 Å². The molecule has 0 aliphatic carbocycles. The Balaban J connectivity index is 1.90. The first-order chi connectivity index (χ1) is 7.15. The molecule has 2 rings (SSSR count). The lowest BCUT2D eigenvalue weighted by atomic mass is 9.94. The Morgan fingerprint density at radius 1 is 1.60 bits per heavy atom. The van der Waals surface area contributed by atoms with Gasteiger partial charge in [-0.2, -0.15) is 0 Å². The van der Waals surface area contributed by atoms with E-state index in [4.69, 9.17) is 10.2 Å². The Morgan fingerprint density at radius 3 is 3.00 bits per heavy atom. The van der Waals surface area contributed by atoms with Crippen LogP contribution in [0.2, 0.25) is 0 Å². The SMILES string of the molecule is CC1CCN(Cc2ccc(Br)o2)CC1N. The van der Waals surface area contributed by atoms with Gasteiger partial charge in [0.1, 0.15) is 5.76 Å². The molecule has 0 spiro atoms. The first-order valence-electron chi connectivity index (χ1n) is 5.37. The molecule has 4 heteroatoms. The molecule has 84 valence electrons. The van der Waals surface area contributed by atoms with Crippen LogP contribution in [0.5, 0.6) is 0 Å². The number of hydrogen-bond donors (Lipinski definition) is 1. The fourth-order valence-corrected chi connectivity index (χ4v) is 2.31. The van der Waals surface area contributed by atoms with E-state index in [0.717, 1.165) is 30.1 Å². The molecule has 1 saturated heterocycles. The van der Waals surface area contributed by atoms with Crippen LogP contribution in [0.3, 0.4) is 0 Å². The molecule has 3 nitrogen and oxygen atoms in total.